The van der Waals surface area contributed by atoms with Crippen LogP contribution in [0.5, 0.6) is 5.75 Å². The molecule has 314 valence electrons. The maximum Gasteiger partial charge on any atom is 0.230 e. The van der Waals surface area contributed by atoms with Gasteiger partial charge < -0.3 is 20.6 Å². The monoisotopic (exact) mass is 845 g/mol. The van der Waals surface area contributed by atoms with Crippen LogP contribution in [0.2, 0.25) is 10.0 Å². The number of unbranched alkanes of at least 4 members (excludes halogenated alkanes) is 3. The molecule has 3 N–H and O–H groups in total. The third kappa shape index (κ3) is 14.2. The number of amides is 3. The number of hydrogen-bond acceptors (Lipinski definition) is 6. The number of imide groups is 1. The van der Waals surface area contributed by atoms with E-state index in [2.05, 4.69) is 28.4 Å². The number of nitrogens with two attached hydrogens (primary N) is 1. The zero-order valence-electron chi connectivity index (χ0n) is 35.1. The van der Waals surface area contributed by atoms with E-state index < -0.39 is 35.2 Å². The second kappa shape index (κ2) is 26.3. The van der Waals surface area contributed by atoms with E-state index in [1.807, 2.05) is 47.6 Å². The summed E-state index contributed by atoms with van der Waals surface area (Å²) in [6.07, 6.45) is 10.4. The van der Waals surface area contributed by atoms with Crippen molar-refractivity contribution < 1.29 is 28.3 Å². The minimum absolute atomic E-state index is 0.0137. The first-order valence-corrected chi connectivity index (χ1v) is 21.4. The van der Waals surface area contributed by atoms with Gasteiger partial charge in [-0.3, -0.25) is 19.3 Å². The van der Waals surface area contributed by atoms with Gasteiger partial charge in [-0.05, 0) is 91.4 Å². The highest BCUT2D eigenvalue weighted by Crippen LogP contribution is 2.53. The van der Waals surface area contributed by atoms with E-state index in [1.165, 1.54) is 50.8 Å². The summed E-state index contributed by atoms with van der Waals surface area (Å²) >= 11 is 13.0. The minimum atomic E-state index is -0.823. The van der Waals surface area contributed by atoms with Gasteiger partial charge in [0.2, 0.25) is 18.2 Å². The van der Waals surface area contributed by atoms with E-state index in [1.54, 1.807) is 36.4 Å². The van der Waals surface area contributed by atoms with Gasteiger partial charge in [-0.25, -0.2) is 4.39 Å². The lowest BCUT2D eigenvalue weighted by Crippen LogP contribution is -2.43. The van der Waals surface area contributed by atoms with Gasteiger partial charge in [-0.1, -0.05) is 109 Å². The van der Waals surface area contributed by atoms with Gasteiger partial charge >= 0.3 is 0 Å². The van der Waals surface area contributed by atoms with Crippen molar-refractivity contribution in [1.29, 1.82) is 0 Å². The summed E-state index contributed by atoms with van der Waals surface area (Å²) < 4.78 is 21.5. The van der Waals surface area contributed by atoms with Gasteiger partial charge in [0.1, 0.15) is 23.5 Å². The summed E-state index contributed by atoms with van der Waals surface area (Å²) in [4.78, 5) is 48.6. The molecule has 3 aromatic rings. The normalized spacial score (nSPS) is 16.3. The van der Waals surface area contributed by atoms with E-state index in [4.69, 9.17) is 38.5 Å². The summed E-state index contributed by atoms with van der Waals surface area (Å²) in [5.41, 5.74) is 8.99. The zero-order chi connectivity index (χ0) is 43.3. The van der Waals surface area contributed by atoms with Crippen molar-refractivity contribution in [3.63, 3.8) is 0 Å². The molecule has 57 heavy (non-hydrogen) atoms. The minimum Gasteiger partial charge on any atom is -0.481 e. The molecule has 0 saturated carbocycles. The van der Waals surface area contributed by atoms with Gasteiger partial charge in [-0.15, -0.1) is 9.24 Å². The fraction of sp³-hybridized carbons (Fsp3) is 0.467. The number of anilines is 1. The number of hydrogen-bond donors (Lipinski definition) is 2. The molecule has 1 aliphatic heterocycles. The van der Waals surface area contributed by atoms with Gasteiger partial charge in [0.15, 0.2) is 0 Å². The van der Waals surface area contributed by atoms with Crippen LogP contribution in [-0.4, -0.2) is 36.3 Å². The first-order valence-electron chi connectivity index (χ1n) is 19.9. The van der Waals surface area contributed by atoms with Gasteiger partial charge in [0.25, 0.3) is 0 Å². The molecule has 1 fully saturated rings. The van der Waals surface area contributed by atoms with Crippen LogP contribution < -0.4 is 20.7 Å². The lowest BCUT2D eigenvalue weighted by molar-refractivity contribution is -0.124. The van der Waals surface area contributed by atoms with Crippen LogP contribution in [0, 0.1) is 12.7 Å². The van der Waals surface area contributed by atoms with E-state index in [9.17, 15) is 18.8 Å². The Morgan fingerprint density at radius 3 is 2.05 bits per heavy atom. The Hall–Kier alpha value is -3.78. The van der Waals surface area contributed by atoms with Crippen LogP contribution in [-0.2, 0) is 19.2 Å². The first-order chi connectivity index (χ1) is 27.2. The molecule has 0 bridgehead atoms. The van der Waals surface area contributed by atoms with Gasteiger partial charge in [-0.2, -0.15) is 0 Å². The quantitative estimate of drug-likeness (QED) is 0.0947. The maximum absolute atomic E-state index is 14.8. The Balaban J connectivity index is 0.00000119. The van der Waals surface area contributed by atoms with Crippen molar-refractivity contribution in [2.75, 3.05) is 11.1 Å². The Bertz CT molecular complexity index is 1780. The Morgan fingerprint density at radius 1 is 0.965 bits per heavy atom. The summed E-state index contributed by atoms with van der Waals surface area (Å²) in [5.74, 6) is -2.00. The predicted molar refractivity (Wildman–Crippen MR) is 238 cm³/mol. The standard InChI is InChI=1S/C35H38Cl2FN3O4.C6H14.C2H5OP.C2H6/c1-6-31(39)35(7-2,8-3)45-30-14-11-22(36)15-27(30)28-18-32(44)40-34(26-17-24(38)12-9-20(26)4)33(28)25-13-10-23(37)16-29(25)41(19-42)21(5)43;1-3-5-6-4-2;3-1-2-4;1-2/h6,9-17,19,28,33-34H,7-8,18,39H2,1-5H3,(H,40,44);3-6H2,1-2H3;1H,2,4H2;1-2H3/b31-6-;;;. The Morgan fingerprint density at radius 2 is 1.54 bits per heavy atom. The highest BCUT2D eigenvalue weighted by Gasteiger charge is 2.44. The second-order valence-corrected chi connectivity index (χ2v) is 14.8. The molecule has 1 aliphatic rings. The fourth-order valence-electron chi connectivity index (χ4n) is 6.84. The van der Waals surface area contributed by atoms with Crippen molar-refractivity contribution >= 4 is 62.6 Å². The van der Waals surface area contributed by atoms with Crippen molar-refractivity contribution in [2.24, 2.45) is 5.73 Å². The molecule has 1 heterocycles. The van der Waals surface area contributed by atoms with E-state index in [0.29, 0.717) is 63.6 Å². The molecule has 0 radical (unpaired) electrons. The highest BCUT2D eigenvalue weighted by molar-refractivity contribution is 7.17. The molecule has 0 spiro atoms. The highest BCUT2D eigenvalue weighted by atomic mass is 35.5. The van der Waals surface area contributed by atoms with Crippen LogP contribution in [0.1, 0.15) is 140 Å². The largest absolute Gasteiger partial charge is 0.481 e. The van der Waals surface area contributed by atoms with Gasteiger partial charge in [0, 0.05) is 47.1 Å². The van der Waals surface area contributed by atoms with E-state index in [-0.39, 0.29) is 18.0 Å². The summed E-state index contributed by atoms with van der Waals surface area (Å²) in [5, 5.41) is 3.81. The number of piperidine rings is 1. The molecule has 4 atom stereocenters. The molecule has 3 amide bonds. The maximum atomic E-state index is 14.8. The van der Waals surface area contributed by atoms with Crippen LogP contribution in [0.15, 0.2) is 66.4 Å². The number of ether oxygens (including phenoxy) is 1. The zero-order valence-corrected chi connectivity index (χ0v) is 37.8. The summed E-state index contributed by atoms with van der Waals surface area (Å²) in [7, 11) is 2.29. The molecule has 1 saturated heterocycles. The Kier molecular flexibility index (Phi) is 23.6. The lowest BCUT2D eigenvalue weighted by atomic mass is 9.69. The topological polar surface area (TPSA) is 119 Å². The van der Waals surface area contributed by atoms with Crippen molar-refractivity contribution in [1.82, 2.24) is 5.32 Å². The predicted octanol–water partition coefficient (Wildman–Crippen LogP) is 11.6. The molecule has 3 aromatic carbocycles. The van der Waals surface area contributed by atoms with Crippen molar-refractivity contribution in [3.05, 3.63) is 104 Å². The molecular weight excluding hydrogens is 783 g/mol. The second-order valence-electron chi connectivity index (χ2n) is 13.4. The van der Waals surface area contributed by atoms with Crippen LogP contribution >= 0.6 is 32.4 Å². The average Bonchev–Trinajstić information content (AvgIpc) is 3.21. The molecular formula is C45H63Cl2FN3O5P. The number of halogens is 3. The molecule has 4 rings (SSSR count). The third-order valence-electron chi connectivity index (χ3n) is 9.86. The number of nitrogens with one attached hydrogen (secondary N) is 1. The number of allylic oxidation sites excluding steroid dienone is 1. The smallest absolute Gasteiger partial charge is 0.230 e. The van der Waals surface area contributed by atoms with Crippen molar-refractivity contribution in [2.45, 2.75) is 131 Å². The number of benzene rings is 3. The lowest BCUT2D eigenvalue weighted by Gasteiger charge is -2.42. The first kappa shape index (κ1) is 51.2. The summed E-state index contributed by atoms with van der Waals surface area (Å²) in [6, 6.07) is 13.8. The number of nitrogens with zero attached hydrogens (tertiary/aromatic N) is 1. The Labute approximate surface area is 352 Å². The molecule has 4 unspecified atom stereocenters. The fourth-order valence-corrected chi connectivity index (χ4v) is 7.19. The van der Waals surface area contributed by atoms with Crippen LogP contribution in [0.25, 0.3) is 0 Å². The SMILES string of the molecule is C/C=C(\N)C(CC)(CC)Oc1ccc(Cl)cc1C1CC(=O)NC(c2cc(F)ccc2C)C1c1ccc(Cl)cc1N(C=O)C(C)=O.CC.CCCCCC.O=CCP. The van der Waals surface area contributed by atoms with Crippen LogP contribution in [0.3, 0.4) is 0 Å². The molecule has 0 aliphatic carbocycles. The molecule has 0 aromatic heterocycles. The number of aryl methyl sites for hydroxylation is 1. The number of aldehydes is 1. The third-order valence-corrected chi connectivity index (χ3v) is 10.5. The van der Waals surface area contributed by atoms with Crippen molar-refractivity contribution in [3.8, 4) is 5.75 Å². The number of carbonyl (C=O) groups is 4. The molecule has 12 heteroatoms. The number of carbonyl (C=O) groups excluding carboxylic acids is 4. The van der Waals surface area contributed by atoms with Gasteiger partial charge in [0.05, 0.1) is 11.7 Å². The van der Waals surface area contributed by atoms with E-state index in [0.717, 1.165) is 16.7 Å². The van der Waals surface area contributed by atoms with E-state index >= 15 is 0 Å². The molecule has 8 nitrogen and oxygen atoms in total. The average molecular weight is 847 g/mol. The van der Waals surface area contributed by atoms with Crippen LogP contribution in [0.4, 0.5) is 10.1 Å². The summed E-state index contributed by atoms with van der Waals surface area (Å²) in [6.45, 7) is 17.4. The number of rotatable bonds is 14.